The molecule has 2 atom stereocenters. The van der Waals surface area contributed by atoms with Crippen molar-refractivity contribution in [2.24, 2.45) is 5.73 Å². The summed E-state index contributed by atoms with van der Waals surface area (Å²) in [6.45, 7) is 10.5. The van der Waals surface area contributed by atoms with Gasteiger partial charge in [-0.25, -0.2) is 8.78 Å². The molecule has 0 bridgehead atoms. The van der Waals surface area contributed by atoms with Gasteiger partial charge in [-0.3, -0.25) is 14.5 Å². The first-order chi connectivity index (χ1) is 22.6. The predicted octanol–water partition coefficient (Wildman–Crippen LogP) is 4.77. The Labute approximate surface area is 277 Å². The van der Waals surface area contributed by atoms with E-state index in [1.54, 1.807) is 17.0 Å². The van der Waals surface area contributed by atoms with Gasteiger partial charge in [0, 0.05) is 81.3 Å². The zero-order chi connectivity index (χ0) is 33.9. The fourth-order valence-corrected chi connectivity index (χ4v) is 6.35. The molecule has 1 fully saturated rings. The third kappa shape index (κ3) is 10.1. The van der Waals surface area contributed by atoms with Gasteiger partial charge in [0.05, 0.1) is 6.10 Å². The summed E-state index contributed by atoms with van der Waals surface area (Å²) in [5.41, 5.74) is 9.96. The lowest BCUT2D eigenvalue weighted by Crippen LogP contribution is -2.56. The van der Waals surface area contributed by atoms with Crippen molar-refractivity contribution in [3.63, 3.8) is 0 Å². The average Bonchev–Trinajstić information content (AvgIpc) is 3.06. The number of nitrogens with zero attached hydrogens (tertiary/aromatic N) is 3. The Morgan fingerprint density at radius 3 is 2.13 bits per heavy atom. The van der Waals surface area contributed by atoms with Gasteiger partial charge in [-0.05, 0) is 72.7 Å². The van der Waals surface area contributed by atoms with Gasteiger partial charge < -0.3 is 26.0 Å². The number of aliphatic hydroxyl groups excluding tert-OH is 1. The number of primary amides is 1. The number of hydrogen-bond acceptors (Lipinski definition) is 6. The molecule has 3 aromatic carbocycles. The molecule has 0 aromatic heterocycles. The third-order valence-electron chi connectivity index (χ3n) is 8.77. The number of rotatable bonds is 16. The number of halogens is 2. The van der Waals surface area contributed by atoms with E-state index in [9.17, 15) is 23.5 Å². The van der Waals surface area contributed by atoms with Crippen LogP contribution in [0.5, 0.6) is 0 Å². The van der Waals surface area contributed by atoms with Crippen molar-refractivity contribution in [1.82, 2.24) is 15.1 Å². The lowest BCUT2D eigenvalue weighted by Gasteiger charge is -2.42. The van der Waals surface area contributed by atoms with Gasteiger partial charge in [0.1, 0.15) is 11.6 Å². The number of aryl methyl sites for hydroxylation is 1. The highest BCUT2D eigenvalue weighted by Gasteiger charge is 2.30. The fraction of sp³-hybridized carbons (Fsp3) is 0.459. The van der Waals surface area contributed by atoms with Gasteiger partial charge in [-0.15, -0.1) is 0 Å². The highest BCUT2D eigenvalue weighted by atomic mass is 19.1. The summed E-state index contributed by atoms with van der Waals surface area (Å²) in [6.07, 6.45) is 2.05. The fourth-order valence-electron chi connectivity index (χ4n) is 6.35. The molecule has 0 radical (unpaired) electrons. The lowest BCUT2D eigenvalue weighted by molar-refractivity contribution is 0.0452. The Hall–Kier alpha value is -3.86. The molecule has 1 aliphatic rings. The normalized spacial score (nSPS) is 15.0. The number of carbonyl (C=O) groups is 2. The smallest absolute Gasteiger partial charge is 0.253 e. The second kappa shape index (κ2) is 17.3. The van der Waals surface area contributed by atoms with E-state index in [-0.39, 0.29) is 17.9 Å². The number of hydrogen-bond donors (Lipinski definition) is 3. The second-order valence-electron chi connectivity index (χ2n) is 12.4. The summed E-state index contributed by atoms with van der Waals surface area (Å²) in [4.78, 5) is 31.8. The maximum absolute atomic E-state index is 14.1. The van der Waals surface area contributed by atoms with Crippen LogP contribution in [0.3, 0.4) is 0 Å². The van der Waals surface area contributed by atoms with Crippen LogP contribution < -0.4 is 16.0 Å². The molecular formula is C37H49F2N5O3. The van der Waals surface area contributed by atoms with Crippen LogP contribution in [0.1, 0.15) is 71.0 Å². The van der Waals surface area contributed by atoms with Crippen LogP contribution in [-0.4, -0.2) is 84.7 Å². The number of aliphatic hydroxyl groups is 1. The molecule has 10 heteroatoms. The number of anilines is 1. The van der Waals surface area contributed by atoms with Gasteiger partial charge >= 0.3 is 0 Å². The van der Waals surface area contributed by atoms with E-state index in [0.29, 0.717) is 63.5 Å². The number of piperazine rings is 1. The molecule has 254 valence electrons. The molecular weight excluding hydrogens is 600 g/mol. The number of carbonyl (C=O) groups excluding carboxylic acids is 2. The van der Waals surface area contributed by atoms with Gasteiger partial charge in [0.15, 0.2) is 0 Å². The standard InChI is InChI=1S/C37H49F2N5O3/c1-4-10-44(11-5-2)37(47)30-20-29(36(40)46)21-33(22-30)42-12-14-43(15-13-42)34(19-28-17-31(38)23-32(39)18-28)35(45)25-41-24-27-9-7-8-26(6-3)16-27/h7-9,16-18,20-23,34-35,41,45H,4-6,10-15,19,24-25H2,1-3H3,(H2,40,46)/t34-,35+/m0/s1. The maximum Gasteiger partial charge on any atom is 0.253 e. The van der Waals surface area contributed by atoms with Crippen molar-refractivity contribution in [2.75, 3.05) is 50.7 Å². The van der Waals surface area contributed by atoms with Crippen molar-refractivity contribution in [2.45, 2.75) is 65.1 Å². The van der Waals surface area contributed by atoms with Gasteiger partial charge in [-0.1, -0.05) is 45.0 Å². The van der Waals surface area contributed by atoms with Crippen molar-refractivity contribution in [3.8, 4) is 0 Å². The predicted molar refractivity (Wildman–Crippen MR) is 183 cm³/mol. The average molecular weight is 650 g/mol. The molecule has 4 rings (SSSR count). The van der Waals surface area contributed by atoms with Crippen LogP contribution in [-0.2, 0) is 19.4 Å². The molecule has 3 aromatic rings. The van der Waals surface area contributed by atoms with Gasteiger partial charge in [0.2, 0.25) is 5.91 Å². The Morgan fingerprint density at radius 1 is 0.872 bits per heavy atom. The number of benzene rings is 3. The van der Waals surface area contributed by atoms with Crippen LogP contribution in [0, 0.1) is 11.6 Å². The molecule has 1 heterocycles. The van der Waals surface area contributed by atoms with E-state index >= 15 is 0 Å². The first kappa shape index (κ1) is 36.0. The van der Waals surface area contributed by atoms with E-state index in [2.05, 4.69) is 34.2 Å². The number of nitrogens with one attached hydrogen (secondary N) is 1. The van der Waals surface area contributed by atoms with Crippen LogP contribution >= 0.6 is 0 Å². The van der Waals surface area contributed by atoms with Crippen LogP contribution in [0.15, 0.2) is 60.7 Å². The zero-order valence-corrected chi connectivity index (χ0v) is 27.9. The van der Waals surface area contributed by atoms with Gasteiger partial charge in [-0.2, -0.15) is 0 Å². The summed E-state index contributed by atoms with van der Waals surface area (Å²) in [5.74, 6) is -2.03. The highest BCUT2D eigenvalue weighted by Crippen LogP contribution is 2.24. The van der Waals surface area contributed by atoms with Crippen molar-refractivity contribution >= 4 is 17.5 Å². The van der Waals surface area contributed by atoms with E-state index in [0.717, 1.165) is 36.6 Å². The van der Waals surface area contributed by atoms with E-state index in [4.69, 9.17) is 5.73 Å². The quantitative estimate of drug-likeness (QED) is 0.207. The van der Waals surface area contributed by atoms with Gasteiger partial charge in [0.25, 0.3) is 5.91 Å². The summed E-state index contributed by atoms with van der Waals surface area (Å²) in [6, 6.07) is 16.5. The minimum absolute atomic E-state index is 0.129. The zero-order valence-electron chi connectivity index (χ0n) is 27.9. The number of nitrogens with two attached hydrogens (primary N) is 1. The summed E-state index contributed by atoms with van der Waals surface area (Å²) < 4.78 is 28.3. The third-order valence-corrected chi connectivity index (χ3v) is 8.77. The van der Waals surface area contributed by atoms with Crippen LogP contribution in [0.2, 0.25) is 0 Å². The highest BCUT2D eigenvalue weighted by molar-refractivity contribution is 6.00. The SMILES string of the molecule is CCCN(CCC)C(=O)c1cc(C(N)=O)cc(N2CCN([C@@H](Cc3cc(F)cc(F)c3)[C@H](O)CNCc3cccc(CC)c3)CC2)c1. The first-order valence-corrected chi connectivity index (χ1v) is 16.8. The Bertz CT molecular complexity index is 1470. The Balaban J connectivity index is 1.50. The molecule has 1 aliphatic heterocycles. The maximum atomic E-state index is 14.1. The molecule has 4 N–H and O–H groups in total. The monoisotopic (exact) mass is 649 g/mol. The van der Waals surface area contributed by atoms with E-state index < -0.39 is 29.7 Å². The largest absolute Gasteiger partial charge is 0.390 e. The Kier molecular flexibility index (Phi) is 13.3. The number of amides is 2. The van der Waals surface area contributed by atoms with E-state index in [1.807, 2.05) is 32.0 Å². The summed E-state index contributed by atoms with van der Waals surface area (Å²) >= 11 is 0. The second-order valence-corrected chi connectivity index (χ2v) is 12.4. The summed E-state index contributed by atoms with van der Waals surface area (Å²) in [7, 11) is 0. The first-order valence-electron chi connectivity index (χ1n) is 16.8. The van der Waals surface area contributed by atoms with Crippen LogP contribution in [0.4, 0.5) is 14.5 Å². The molecule has 8 nitrogen and oxygen atoms in total. The van der Waals surface area contributed by atoms with Crippen molar-refractivity contribution in [3.05, 3.63) is 100 Å². The van der Waals surface area contributed by atoms with Crippen molar-refractivity contribution in [1.29, 1.82) is 0 Å². The molecule has 0 spiro atoms. The van der Waals surface area contributed by atoms with Crippen LogP contribution in [0.25, 0.3) is 0 Å². The topological polar surface area (TPSA) is 102 Å². The molecule has 2 amide bonds. The lowest BCUT2D eigenvalue weighted by atomic mass is 9.98. The Morgan fingerprint density at radius 2 is 1.51 bits per heavy atom. The summed E-state index contributed by atoms with van der Waals surface area (Å²) in [5, 5.41) is 14.8. The molecule has 0 unspecified atom stereocenters. The molecule has 47 heavy (non-hydrogen) atoms. The molecule has 0 aliphatic carbocycles. The van der Waals surface area contributed by atoms with E-state index in [1.165, 1.54) is 17.7 Å². The minimum Gasteiger partial charge on any atom is -0.390 e. The molecule has 0 saturated carbocycles. The minimum atomic E-state index is -0.812. The molecule has 1 saturated heterocycles. The van der Waals surface area contributed by atoms with Crippen molar-refractivity contribution < 1.29 is 23.5 Å².